The zero-order chi connectivity index (χ0) is 15.4. The molecule has 0 bridgehead atoms. The summed E-state index contributed by atoms with van der Waals surface area (Å²) in [5, 5.41) is 9.30. The Morgan fingerprint density at radius 1 is 1.67 bits per heavy atom. The van der Waals surface area contributed by atoms with Crippen LogP contribution in [0.4, 0.5) is 4.79 Å². The van der Waals surface area contributed by atoms with Crippen LogP contribution in [0.3, 0.4) is 0 Å². The Labute approximate surface area is 120 Å². The number of rotatable bonds is 5. The normalized spacial score (nSPS) is 20.7. The molecule has 0 saturated carbocycles. The third-order valence-corrected chi connectivity index (χ3v) is 3.14. The van der Waals surface area contributed by atoms with Crippen molar-refractivity contribution in [2.75, 3.05) is 20.3 Å². The van der Waals surface area contributed by atoms with E-state index in [9.17, 15) is 14.7 Å². The predicted octanol–water partition coefficient (Wildman–Crippen LogP) is 1.24. The average Bonchev–Trinajstić information content (AvgIpc) is 2.95. The molecule has 2 unspecified atom stereocenters. The fourth-order valence-corrected chi connectivity index (χ4v) is 2.23. The molecule has 0 aromatic carbocycles. The van der Waals surface area contributed by atoms with Crippen LogP contribution in [0.15, 0.2) is 29.4 Å². The van der Waals surface area contributed by atoms with Crippen LogP contribution in [-0.2, 0) is 14.4 Å². The molecule has 0 fully saturated rings. The summed E-state index contributed by atoms with van der Waals surface area (Å²) >= 11 is 0. The maximum Gasteiger partial charge on any atom is 0.408 e. The second-order valence-corrected chi connectivity index (χ2v) is 4.37. The number of ether oxygens (including phenoxy) is 1. The molecular formula is C13H16N2O6. The summed E-state index contributed by atoms with van der Waals surface area (Å²) in [5.74, 6) is -0.464. The number of nitrogens with one attached hydrogen (secondary N) is 1. The van der Waals surface area contributed by atoms with Crippen molar-refractivity contribution in [1.29, 1.82) is 0 Å². The van der Waals surface area contributed by atoms with Crippen LogP contribution in [0.1, 0.15) is 23.4 Å². The molecule has 1 aliphatic rings. The van der Waals surface area contributed by atoms with Gasteiger partial charge in [0.2, 0.25) is 0 Å². The first-order valence-electron chi connectivity index (χ1n) is 6.23. The summed E-state index contributed by atoms with van der Waals surface area (Å²) in [4.78, 5) is 29.3. The van der Waals surface area contributed by atoms with Crippen LogP contribution in [0.5, 0.6) is 0 Å². The Morgan fingerprint density at radius 3 is 3.05 bits per heavy atom. The van der Waals surface area contributed by atoms with E-state index in [2.05, 4.69) is 16.8 Å². The van der Waals surface area contributed by atoms with Crippen LogP contribution in [0.25, 0.3) is 0 Å². The number of fused-ring (bicyclic) bond motifs is 1. The highest BCUT2D eigenvalue weighted by Crippen LogP contribution is 2.36. The van der Waals surface area contributed by atoms with Gasteiger partial charge in [-0.15, -0.1) is 6.58 Å². The van der Waals surface area contributed by atoms with Crippen LogP contribution < -0.4 is 5.48 Å². The molecule has 1 aromatic rings. The van der Waals surface area contributed by atoms with Gasteiger partial charge in [0.15, 0.2) is 6.04 Å². The predicted molar refractivity (Wildman–Crippen MR) is 70.2 cm³/mol. The van der Waals surface area contributed by atoms with Crippen molar-refractivity contribution in [3.8, 4) is 0 Å². The summed E-state index contributed by atoms with van der Waals surface area (Å²) in [6, 6.07) is 0.102. The van der Waals surface area contributed by atoms with Crippen molar-refractivity contribution in [2.45, 2.75) is 12.1 Å². The standard InChI is InChI=1S/C13H16N2O6/c1-3-5-21-14-9-7-15(13(17)18)10(12(16)19-2)11-8(9)4-6-20-11/h3-4,6,9-10,14H,1,5,7H2,2H3,(H,17,18). The van der Waals surface area contributed by atoms with E-state index in [1.54, 1.807) is 12.1 Å². The summed E-state index contributed by atoms with van der Waals surface area (Å²) in [6.45, 7) is 3.81. The third-order valence-electron chi connectivity index (χ3n) is 3.14. The van der Waals surface area contributed by atoms with Gasteiger partial charge in [-0.25, -0.2) is 9.59 Å². The van der Waals surface area contributed by atoms with Crippen molar-refractivity contribution < 1.29 is 28.7 Å². The highest BCUT2D eigenvalue weighted by molar-refractivity contribution is 5.82. The van der Waals surface area contributed by atoms with E-state index in [1.165, 1.54) is 13.4 Å². The Balaban J connectivity index is 2.31. The molecule has 2 heterocycles. The van der Waals surface area contributed by atoms with Crippen LogP contribution in [-0.4, -0.2) is 42.3 Å². The molecule has 8 heteroatoms. The van der Waals surface area contributed by atoms with Crippen molar-refractivity contribution >= 4 is 12.1 Å². The summed E-state index contributed by atoms with van der Waals surface area (Å²) in [7, 11) is 1.20. The molecule has 0 radical (unpaired) electrons. The SMILES string of the molecule is C=CCONC1CN(C(=O)O)C(C(=O)OC)c2occc21. The molecule has 21 heavy (non-hydrogen) atoms. The van der Waals surface area contributed by atoms with Crippen molar-refractivity contribution in [2.24, 2.45) is 0 Å². The molecule has 1 aliphatic heterocycles. The third kappa shape index (κ3) is 2.91. The number of nitrogens with zero attached hydrogens (tertiary/aromatic N) is 1. The number of carboxylic acid groups (broad SMARTS) is 1. The number of furan rings is 1. The monoisotopic (exact) mass is 296 g/mol. The molecule has 1 amide bonds. The lowest BCUT2D eigenvalue weighted by Crippen LogP contribution is -2.47. The maximum atomic E-state index is 11.9. The van der Waals surface area contributed by atoms with E-state index in [-0.39, 0.29) is 18.9 Å². The highest BCUT2D eigenvalue weighted by atomic mass is 16.6. The summed E-state index contributed by atoms with van der Waals surface area (Å²) in [5.41, 5.74) is 3.40. The molecular weight excluding hydrogens is 280 g/mol. The smallest absolute Gasteiger partial charge is 0.408 e. The van der Waals surface area contributed by atoms with Gasteiger partial charge in [-0.3, -0.25) is 9.74 Å². The van der Waals surface area contributed by atoms with E-state index in [1.807, 2.05) is 0 Å². The lowest BCUT2D eigenvalue weighted by atomic mass is 9.97. The molecule has 8 nitrogen and oxygen atoms in total. The van der Waals surface area contributed by atoms with E-state index in [0.29, 0.717) is 5.56 Å². The Kier molecular flexibility index (Phi) is 4.61. The second-order valence-electron chi connectivity index (χ2n) is 4.37. The zero-order valence-corrected chi connectivity index (χ0v) is 11.4. The lowest BCUT2D eigenvalue weighted by molar-refractivity contribution is -0.148. The first-order valence-corrected chi connectivity index (χ1v) is 6.23. The minimum atomic E-state index is -1.25. The largest absolute Gasteiger partial charge is 0.467 e. The van der Waals surface area contributed by atoms with Crippen LogP contribution in [0.2, 0.25) is 0 Å². The maximum absolute atomic E-state index is 11.9. The number of esters is 1. The van der Waals surface area contributed by atoms with Gasteiger partial charge in [-0.05, 0) is 6.07 Å². The van der Waals surface area contributed by atoms with Crippen molar-refractivity contribution in [1.82, 2.24) is 10.4 Å². The van der Waals surface area contributed by atoms with Gasteiger partial charge in [0.05, 0.1) is 26.0 Å². The number of carbonyl (C=O) groups excluding carboxylic acids is 1. The van der Waals surface area contributed by atoms with Gasteiger partial charge in [0, 0.05) is 12.1 Å². The molecule has 1 aromatic heterocycles. The Hall–Kier alpha value is -2.32. The van der Waals surface area contributed by atoms with Crippen molar-refractivity contribution in [3.05, 3.63) is 36.3 Å². The first-order chi connectivity index (χ1) is 10.1. The number of hydroxylamine groups is 1. The number of amides is 1. The summed E-state index contributed by atoms with van der Waals surface area (Å²) in [6.07, 6.45) is 1.70. The highest BCUT2D eigenvalue weighted by Gasteiger charge is 2.43. The number of hydrogen-bond donors (Lipinski definition) is 2. The van der Waals surface area contributed by atoms with Gasteiger partial charge < -0.3 is 14.3 Å². The number of hydrogen-bond acceptors (Lipinski definition) is 6. The number of methoxy groups -OCH3 is 1. The molecule has 114 valence electrons. The minimum Gasteiger partial charge on any atom is -0.467 e. The molecule has 0 saturated heterocycles. The van der Waals surface area contributed by atoms with E-state index in [4.69, 9.17) is 9.25 Å². The lowest BCUT2D eigenvalue weighted by Gasteiger charge is -2.35. The molecule has 2 N–H and O–H groups in total. The second kappa shape index (κ2) is 6.42. The minimum absolute atomic E-state index is 0.0266. The van der Waals surface area contributed by atoms with Crippen LogP contribution in [0, 0.1) is 0 Å². The molecule has 0 spiro atoms. The summed E-state index contributed by atoms with van der Waals surface area (Å²) < 4.78 is 9.95. The van der Waals surface area contributed by atoms with E-state index in [0.717, 1.165) is 4.90 Å². The Morgan fingerprint density at radius 2 is 2.43 bits per heavy atom. The first kappa shape index (κ1) is 15.1. The molecule has 2 rings (SSSR count). The zero-order valence-electron chi connectivity index (χ0n) is 11.4. The van der Waals surface area contributed by atoms with Gasteiger partial charge in [0.1, 0.15) is 5.76 Å². The van der Waals surface area contributed by atoms with Gasteiger partial charge in [-0.1, -0.05) is 6.08 Å². The average molecular weight is 296 g/mol. The quantitative estimate of drug-likeness (QED) is 0.365. The van der Waals surface area contributed by atoms with Gasteiger partial charge in [-0.2, -0.15) is 5.48 Å². The Bertz CT molecular complexity index is 541. The molecule has 2 atom stereocenters. The van der Waals surface area contributed by atoms with E-state index >= 15 is 0 Å². The van der Waals surface area contributed by atoms with E-state index < -0.39 is 24.1 Å². The topological polar surface area (TPSA) is 101 Å². The fourth-order valence-electron chi connectivity index (χ4n) is 2.23. The van der Waals surface area contributed by atoms with Crippen LogP contribution >= 0.6 is 0 Å². The number of carbonyl (C=O) groups is 2. The van der Waals surface area contributed by atoms with Gasteiger partial charge in [0.25, 0.3) is 0 Å². The fraction of sp³-hybridized carbons (Fsp3) is 0.385. The molecule has 0 aliphatic carbocycles. The van der Waals surface area contributed by atoms with Gasteiger partial charge >= 0.3 is 12.1 Å². The van der Waals surface area contributed by atoms with Crippen molar-refractivity contribution in [3.63, 3.8) is 0 Å².